The normalized spacial score (nSPS) is 16.8. The smallest absolute Gasteiger partial charge is 0.423 e. The third-order valence-corrected chi connectivity index (χ3v) is 3.32. The second-order valence-electron chi connectivity index (χ2n) is 4.70. The topological polar surface area (TPSA) is 78.5 Å². The molecule has 0 aromatic heterocycles. The van der Waals surface area contributed by atoms with Crippen LogP contribution in [0.15, 0.2) is 18.2 Å². The number of rotatable bonds is 3. The maximum absolute atomic E-state index is 9.30. The molecule has 0 atom stereocenters. The fourth-order valence-corrected chi connectivity index (χ4v) is 2.39. The summed E-state index contributed by atoms with van der Waals surface area (Å²) < 4.78 is 0. The Bertz CT molecular complexity index is 379. The van der Waals surface area contributed by atoms with Crippen molar-refractivity contribution >= 4 is 24.0 Å². The Labute approximate surface area is 102 Å². The molecule has 1 fully saturated rings. The van der Waals surface area contributed by atoms with Crippen LogP contribution in [-0.2, 0) is 0 Å². The molecule has 5 N–H and O–H groups in total. The van der Waals surface area contributed by atoms with Gasteiger partial charge in [-0.1, -0.05) is 25.3 Å². The van der Waals surface area contributed by atoms with E-state index in [0.717, 1.165) is 18.5 Å². The van der Waals surface area contributed by atoms with E-state index in [1.54, 1.807) is 18.2 Å². The largest absolute Gasteiger partial charge is 0.490 e. The lowest BCUT2D eigenvalue weighted by Crippen LogP contribution is -2.35. The van der Waals surface area contributed by atoms with Gasteiger partial charge < -0.3 is 21.1 Å². The zero-order chi connectivity index (χ0) is 12.3. The summed E-state index contributed by atoms with van der Waals surface area (Å²) in [4.78, 5) is 0. The molecule has 1 aromatic carbocycles. The molecule has 2 rings (SSSR count). The summed E-state index contributed by atoms with van der Waals surface area (Å²) in [5.74, 6) is 0. The van der Waals surface area contributed by atoms with Crippen LogP contribution in [0.4, 0.5) is 11.4 Å². The summed E-state index contributed by atoms with van der Waals surface area (Å²) in [5, 5.41) is 22.0. The van der Waals surface area contributed by atoms with E-state index in [2.05, 4.69) is 5.32 Å². The zero-order valence-electron chi connectivity index (χ0n) is 9.89. The number of nitrogen functional groups attached to an aromatic ring is 1. The fourth-order valence-electron chi connectivity index (χ4n) is 2.39. The second kappa shape index (κ2) is 5.43. The van der Waals surface area contributed by atoms with Gasteiger partial charge in [0.25, 0.3) is 0 Å². The van der Waals surface area contributed by atoms with Crippen molar-refractivity contribution in [2.45, 2.75) is 38.1 Å². The van der Waals surface area contributed by atoms with Crippen LogP contribution in [0.25, 0.3) is 0 Å². The van der Waals surface area contributed by atoms with Crippen molar-refractivity contribution in [3.63, 3.8) is 0 Å². The molecule has 1 saturated carbocycles. The number of hydrogen-bond donors (Lipinski definition) is 4. The Morgan fingerprint density at radius 3 is 2.53 bits per heavy atom. The van der Waals surface area contributed by atoms with Crippen molar-refractivity contribution in [3.05, 3.63) is 18.2 Å². The van der Waals surface area contributed by atoms with Gasteiger partial charge in [0.05, 0.1) is 0 Å². The number of nitrogens with one attached hydrogen (secondary N) is 1. The highest BCUT2D eigenvalue weighted by Crippen LogP contribution is 2.21. The van der Waals surface area contributed by atoms with Gasteiger partial charge >= 0.3 is 7.12 Å². The molecule has 0 saturated heterocycles. The highest BCUT2D eigenvalue weighted by atomic mass is 16.4. The first kappa shape index (κ1) is 12.3. The molecule has 5 heteroatoms. The molecule has 1 aromatic rings. The van der Waals surface area contributed by atoms with E-state index in [1.165, 1.54) is 19.3 Å². The summed E-state index contributed by atoms with van der Waals surface area (Å²) >= 11 is 0. The lowest BCUT2D eigenvalue weighted by molar-refractivity contribution is 0.425. The quantitative estimate of drug-likeness (QED) is 0.458. The first-order chi connectivity index (χ1) is 8.16. The van der Waals surface area contributed by atoms with E-state index < -0.39 is 7.12 Å². The van der Waals surface area contributed by atoms with Gasteiger partial charge in [0.1, 0.15) is 0 Å². The Balaban J connectivity index is 2.14. The maximum atomic E-state index is 9.30. The minimum absolute atomic E-state index is 0.419. The van der Waals surface area contributed by atoms with Gasteiger partial charge in [0, 0.05) is 22.9 Å². The number of hydrogen-bond acceptors (Lipinski definition) is 4. The Kier molecular flexibility index (Phi) is 3.91. The van der Waals surface area contributed by atoms with Crippen LogP contribution in [0.5, 0.6) is 0 Å². The van der Waals surface area contributed by atoms with E-state index in [-0.39, 0.29) is 0 Å². The Morgan fingerprint density at radius 1 is 1.18 bits per heavy atom. The standard InChI is InChI=1S/C12H19BN2O2/c14-9-6-7-11(13(16)17)12(8-9)15-10-4-2-1-3-5-10/h6-8,10,15-17H,1-5,14H2. The molecule has 92 valence electrons. The Hall–Kier alpha value is -1.20. The molecule has 0 bridgehead atoms. The highest BCUT2D eigenvalue weighted by Gasteiger charge is 2.19. The molecular formula is C12H19BN2O2. The van der Waals surface area contributed by atoms with E-state index in [9.17, 15) is 10.0 Å². The van der Waals surface area contributed by atoms with Gasteiger partial charge in [-0.3, -0.25) is 0 Å². The lowest BCUT2D eigenvalue weighted by Gasteiger charge is -2.25. The van der Waals surface area contributed by atoms with Crippen molar-refractivity contribution in [2.24, 2.45) is 0 Å². The van der Waals surface area contributed by atoms with Crippen molar-refractivity contribution in [1.29, 1.82) is 0 Å². The summed E-state index contributed by atoms with van der Waals surface area (Å²) in [6, 6.07) is 5.53. The van der Waals surface area contributed by atoms with Crippen LogP contribution < -0.4 is 16.5 Å². The molecule has 0 heterocycles. The summed E-state index contributed by atoms with van der Waals surface area (Å²) in [5.41, 5.74) is 7.59. The SMILES string of the molecule is Nc1ccc(B(O)O)c(NC2CCCCC2)c1. The van der Waals surface area contributed by atoms with Crippen molar-refractivity contribution in [2.75, 3.05) is 11.1 Å². The van der Waals surface area contributed by atoms with Gasteiger partial charge in [-0.25, -0.2) is 0 Å². The van der Waals surface area contributed by atoms with Crippen LogP contribution in [-0.4, -0.2) is 23.2 Å². The monoisotopic (exact) mass is 234 g/mol. The van der Waals surface area contributed by atoms with E-state index in [1.807, 2.05) is 0 Å². The molecule has 0 spiro atoms. The predicted octanol–water partition coefficient (Wildman–Crippen LogP) is 0.693. The molecule has 0 amide bonds. The van der Waals surface area contributed by atoms with Gasteiger partial charge in [-0.05, 0) is 25.0 Å². The van der Waals surface area contributed by atoms with Crippen LogP contribution in [0.1, 0.15) is 32.1 Å². The first-order valence-corrected chi connectivity index (χ1v) is 6.19. The van der Waals surface area contributed by atoms with Crippen LogP contribution in [0.3, 0.4) is 0 Å². The number of nitrogens with two attached hydrogens (primary N) is 1. The second-order valence-corrected chi connectivity index (χ2v) is 4.70. The van der Waals surface area contributed by atoms with E-state index >= 15 is 0 Å². The van der Waals surface area contributed by atoms with Gasteiger partial charge in [0.2, 0.25) is 0 Å². The molecule has 0 unspecified atom stereocenters. The lowest BCUT2D eigenvalue weighted by atomic mass is 9.78. The van der Waals surface area contributed by atoms with Crippen LogP contribution >= 0.6 is 0 Å². The fraction of sp³-hybridized carbons (Fsp3) is 0.500. The van der Waals surface area contributed by atoms with E-state index in [0.29, 0.717) is 17.2 Å². The summed E-state index contributed by atoms with van der Waals surface area (Å²) in [6.45, 7) is 0. The summed E-state index contributed by atoms with van der Waals surface area (Å²) in [7, 11) is -1.46. The van der Waals surface area contributed by atoms with Gasteiger partial charge in [-0.15, -0.1) is 0 Å². The van der Waals surface area contributed by atoms with Gasteiger partial charge in [0.15, 0.2) is 0 Å². The molecular weight excluding hydrogens is 215 g/mol. The van der Waals surface area contributed by atoms with E-state index in [4.69, 9.17) is 5.73 Å². The summed E-state index contributed by atoms with van der Waals surface area (Å²) in [6.07, 6.45) is 6.03. The third-order valence-electron chi connectivity index (χ3n) is 3.32. The Morgan fingerprint density at radius 2 is 1.88 bits per heavy atom. The highest BCUT2D eigenvalue weighted by molar-refractivity contribution is 6.60. The number of anilines is 2. The molecule has 0 aliphatic heterocycles. The zero-order valence-corrected chi connectivity index (χ0v) is 9.89. The van der Waals surface area contributed by atoms with Crippen molar-refractivity contribution in [1.82, 2.24) is 0 Å². The molecule has 4 nitrogen and oxygen atoms in total. The molecule has 1 aliphatic carbocycles. The molecule has 17 heavy (non-hydrogen) atoms. The molecule has 0 radical (unpaired) electrons. The molecule has 1 aliphatic rings. The average Bonchev–Trinajstić information content (AvgIpc) is 2.30. The van der Waals surface area contributed by atoms with Crippen LogP contribution in [0.2, 0.25) is 0 Å². The number of benzene rings is 1. The minimum atomic E-state index is -1.46. The van der Waals surface area contributed by atoms with Crippen molar-refractivity contribution < 1.29 is 10.0 Å². The van der Waals surface area contributed by atoms with Crippen molar-refractivity contribution in [3.8, 4) is 0 Å². The third kappa shape index (κ3) is 3.14. The first-order valence-electron chi connectivity index (χ1n) is 6.19. The predicted molar refractivity (Wildman–Crippen MR) is 71.2 cm³/mol. The maximum Gasteiger partial charge on any atom is 0.490 e. The minimum Gasteiger partial charge on any atom is -0.423 e. The average molecular weight is 234 g/mol. The van der Waals surface area contributed by atoms with Crippen LogP contribution in [0, 0.1) is 0 Å². The van der Waals surface area contributed by atoms with Gasteiger partial charge in [-0.2, -0.15) is 0 Å².